The number of para-hydroxylation sites is 1. The number of phenolic OH excluding ortho intramolecular Hbond substituents is 2. The van der Waals surface area contributed by atoms with Crippen LogP contribution in [0.3, 0.4) is 0 Å². The maximum atomic E-state index is 9.17. The molecule has 0 aliphatic heterocycles. The van der Waals surface area contributed by atoms with Gasteiger partial charge in [0, 0.05) is 5.69 Å². The molecule has 0 radical (unpaired) electrons. The Morgan fingerprint density at radius 3 is 1.60 bits per heavy atom. The van der Waals surface area contributed by atoms with Gasteiger partial charge in [-0.1, -0.05) is 42.5 Å². The van der Waals surface area contributed by atoms with Gasteiger partial charge in [-0.15, -0.1) is 0 Å². The molecular formula is C17H17NO2. The highest BCUT2D eigenvalue weighted by Crippen LogP contribution is 2.29. The molecule has 102 valence electrons. The van der Waals surface area contributed by atoms with Crippen LogP contribution in [0.25, 0.3) is 10.8 Å². The Morgan fingerprint density at radius 1 is 0.750 bits per heavy atom. The Bertz CT molecular complexity index is 662. The van der Waals surface area contributed by atoms with E-state index in [4.69, 9.17) is 15.9 Å². The summed E-state index contributed by atoms with van der Waals surface area (Å²) >= 11 is 0. The van der Waals surface area contributed by atoms with Gasteiger partial charge in [-0.3, -0.25) is 0 Å². The fraction of sp³-hybridized carbons (Fsp3) is 0.0588. The van der Waals surface area contributed by atoms with E-state index in [0.717, 1.165) is 22.0 Å². The van der Waals surface area contributed by atoms with E-state index in [9.17, 15) is 0 Å². The average molecular weight is 267 g/mol. The third kappa shape index (κ3) is 3.20. The largest absolute Gasteiger partial charge is 0.504 e. The van der Waals surface area contributed by atoms with Crippen molar-refractivity contribution in [2.24, 2.45) is 0 Å². The Hall–Kier alpha value is -2.68. The van der Waals surface area contributed by atoms with E-state index in [1.54, 1.807) is 12.1 Å². The van der Waals surface area contributed by atoms with Crippen LogP contribution in [0.2, 0.25) is 0 Å². The Kier molecular flexibility index (Phi) is 4.11. The maximum Gasteiger partial charge on any atom is 0.158 e. The summed E-state index contributed by atoms with van der Waals surface area (Å²) in [6.07, 6.45) is 0. The Balaban J connectivity index is 0.000000160. The molecule has 0 amide bonds. The zero-order valence-electron chi connectivity index (χ0n) is 11.2. The molecule has 0 aliphatic carbocycles. The number of nitrogens with two attached hydrogens (primary N) is 1. The van der Waals surface area contributed by atoms with Crippen LogP contribution in [0.1, 0.15) is 5.56 Å². The molecule has 0 saturated carbocycles. The number of hydrogen-bond acceptors (Lipinski definition) is 3. The van der Waals surface area contributed by atoms with Crippen LogP contribution in [0, 0.1) is 6.92 Å². The van der Waals surface area contributed by atoms with Crippen LogP contribution in [0.4, 0.5) is 5.69 Å². The number of anilines is 1. The van der Waals surface area contributed by atoms with Gasteiger partial charge in [0.15, 0.2) is 11.5 Å². The summed E-state index contributed by atoms with van der Waals surface area (Å²) in [6.45, 7) is 2.00. The van der Waals surface area contributed by atoms with Crippen LogP contribution in [-0.4, -0.2) is 10.2 Å². The van der Waals surface area contributed by atoms with E-state index in [1.165, 1.54) is 0 Å². The van der Waals surface area contributed by atoms with Gasteiger partial charge in [0.25, 0.3) is 0 Å². The molecule has 0 aliphatic rings. The first-order valence-corrected chi connectivity index (χ1v) is 6.30. The second-order valence-electron chi connectivity index (χ2n) is 4.54. The lowest BCUT2D eigenvalue weighted by Crippen LogP contribution is -1.85. The van der Waals surface area contributed by atoms with Crippen LogP contribution in [0.5, 0.6) is 11.5 Å². The molecule has 3 rings (SSSR count). The molecular weight excluding hydrogens is 250 g/mol. The molecule has 3 aromatic carbocycles. The van der Waals surface area contributed by atoms with Gasteiger partial charge in [-0.25, -0.2) is 0 Å². The van der Waals surface area contributed by atoms with Crippen molar-refractivity contribution >= 4 is 16.5 Å². The minimum atomic E-state index is -0.0753. The van der Waals surface area contributed by atoms with Gasteiger partial charge in [-0.2, -0.15) is 0 Å². The summed E-state index contributed by atoms with van der Waals surface area (Å²) in [5, 5.41) is 20.2. The number of hydrogen-bond donors (Lipinski definition) is 3. The lowest BCUT2D eigenvalue weighted by molar-refractivity contribution is 0.405. The normalized spacial score (nSPS) is 9.85. The van der Waals surface area contributed by atoms with Crippen molar-refractivity contribution in [1.29, 1.82) is 0 Å². The van der Waals surface area contributed by atoms with Gasteiger partial charge in [0.1, 0.15) is 0 Å². The number of aromatic hydroxyl groups is 2. The summed E-state index contributed by atoms with van der Waals surface area (Å²) in [6, 6.07) is 18.4. The highest BCUT2D eigenvalue weighted by atomic mass is 16.3. The van der Waals surface area contributed by atoms with Gasteiger partial charge in [0.05, 0.1) is 0 Å². The van der Waals surface area contributed by atoms with Crippen molar-refractivity contribution in [3.8, 4) is 11.5 Å². The molecule has 0 aromatic heterocycles. The molecule has 4 N–H and O–H groups in total. The summed E-state index contributed by atoms with van der Waals surface area (Å²) in [7, 11) is 0. The summed E-state index contributed by atoms with van der Waals surface area (Å²) in [4.78, 5) is 0. The standard InChI is InChI=1S/C10H8O2.C7H9N/c11-9-5-7-3-1-2-4-8(7)6-10(9)12;1-6-4-2-3-5-7(6)8/h1-6,11-12H;2-5H,8H2,1H3. The monoisotopic (exact) mass is 267 g/mol. The van der Waals surface area contributed by atoms with Crippen molar-refractivity contribution in [3.63, 3.8) is 0 Å². The lowest BCUT2D eigenvalue weighted by Gasteiger charge is -2.00. The van der Waals surface area contributed by atoms with Crippen molar-refractivity contribution in [2.75, 3.05) is 5.73 Å². The SMILES string of the molecule is Cc1ccccc1N.Oc1cc2ccccc2cc1O. The van der Waals surface area contributed by atoms with Gasteiger partial charge in [-0.05, 0) is 41.5 Å². The summed E-state index contributed by atoms with van der Waals surface area (Å²) < 4.78 is 0. The molecule has 0 saturated heterocycles. The molecule has 0 unspecified atom stereocenters. The van der Waals surface area contributed by atoms with Gasteiger partial charge < -0.3 is 15.9 Å². The first-order valence-electron chi connectivity index (χ1n) is 6.30. The first-order chi connectivity index (χ1) is 9.58. The van der Waals surface area contributed by atoms with E-state index in [1.807, 2.05) is 55.5 Å². The van der Waals surface area contributed by atoms with E-state index in [-0.39, 0.29) is 11.5 Å². The fourth-order valence-electron chi connectivity index (χ4n) is 1.80. The molecule has 0 atom stereocenters. The molecule has 3 heteroatoms. The third-order valence-electron chi connectivity index (χ3n) is 3.03. The maximum absolute atomic E-state index is 9.17. The van der Waals surface area contributed by atoms with Crippen LogP contribution in [0.15, 0.2) is 60.7 Å². The molecule has 0 bridgehead atoms. The number of fused-ring (bicyclic) bond motifs is 1. The Morgan fingerprint density at radius 2 is 1.20 bits per heavy atom. The van der Waals surface area contributed by atoms with Crippen molar-refractivity contribution in [1.82, 2.24) is 0 Å². The second kappa shape index (κ2) is 5.97. The molecule has 0 fully saturated rings. The van der Waals surface area contributed by atoms with Crippen molar-refractivity contribution in [2.45, 2.75) is 6.92 Å². The number of phenols is 2. The zero-order valence-corrected chi connectivity index (χ0v) is 11.2. The third-order valence-corrected chi connectivity index (χ3v) is 3.03. The average Bonchev–Trinajstić information content (AvgIpc) is 2.44. The van der Waals surface area contributed by atoms with E-state index in [2.05, 4.69) is 0 Å². The van der Waals surface area contributed by atoms with Crippen LogP contribution < -0.4 is 5.73 Å². The summed E-state index contributed by atoms with van der Waals surface area (Å²) in [5.74, 6) is -0.151. The highest BCUT2D eigenvalue weighted by Gasteiger charge is 1.99. The minimum Gasteiger partial charge on any atom is -0.504 e. The van der Waals surface area contributed by atoms with E-state index >= 15 is 0 Å². The molecule has 0 heterocycles. The highest BCUT2D eigenvalue weighted by molar-refractivity contribution is 5.85. The topological polar surface area (TPSA) is 66.5 Å². The lowest BCUT2D eigenvalue weighted by atomic mass is 10.1. The summed E-state index contributed by atoms with van der Waals surface area (Å²) in [5.41, 5.74) is 7.53. The van der Waals surface area contributed by atoms with E-state index < -0.39 is 0 Å². The fourth-order valence-corrected chi connectivity index (χ4v) is 1.80. The number of rotatable bonds is 0. The number of nitrogen functional groups attached to an aromatic ring is 1. The predicted molar refractivity (Wildman–Crippen MR) is 82.9 cm³/mol. The van der Waals surface area contributed by atoms with E-state index in [0.29, 0.717) is 0 Å². The van der Waals surface area contributed by atoms with Gasteiger partial charge in [0.2, 0.25) is 0 Å². The van der Waals surface area contributed by atoms with Crippen LogP contribution in [-0.2, 0) is 0 Å². The number of benzene rings is 3. The molecule has 3 nitrogen and oxygen atoms in total. The van der Waals surface area contributed by atoms with Crippen LogP contribution >= 0.6 is 0 Å². The van der Waals surface area contributed by atoms with Crippen molar-refractivity contribution < 1.29 is 10.2 Å². The predicted octanol–water partition coefficient (Wildman–Crippen LogP) is 3.83. The molecule has 20 heavy (non-hydrogen) atoms. The van der Waals surface area contributed by atoms with Crippen molar-refractivity contribution in [3.05, 3.63) is 66.2 Å². The molecule has 3 aromatic rings. The zero-order chi connectivity index (χ0) is 14.5. The Labute approximate surface area is 117 Å². The molecule has 0 spiro atoms. The second-order valence-corrected chi connectivity index (χ2v) is 4.54. The number of aryl methyl sites for hydroxylation is 1. The quantitative estimate of drug-likeness (QED) is 0.428. The first kappa shape index (κ1) is 13.7. The minimum absolute atomic E-state index is 0.0753. The van der Waals surface area contributed by atoms with Gasteiger partial charge >= 0.3 is 0 Å². The smallest absolute Gasteiger partial charge is 0.158 e.